The fourth-order valence-electron chi connectivity index (χ4n) is 2.88. The molecule has 27 heavy (non-hydrogen) atoms. The largest absolute Gasteiger partial charge is 0.451 e. The third kappa shape index (κ3) is 4.74. The van der Waals surface area contributed by atoms with Crippen LogP contribution in [0.3, 0.4) is 0 Å². The van der Waals surface area contributed by atoms with Crippen molar-refractivity contribution in [3.63, 3.8) is 0 Å². The lowest BCUT2D eigenvalue weighted by molar-refractivity contribution is 0.0927. The minimum absolute atomic E-state index is 0.0178. The third-order valence-corrected chi connectivity index (χ3v) is 5.94. The van der Waals surface area contributed by atoms with E-state index in [0.717, 1.165) is 5.56 Å². The molecule has 0 saturated carbocycles. The Bertz CT molecular complexity index is 1060. The molecule has 1 N–H and O–H groups in total. The van der Waals surface area contributed by atoms with Gasteiger partial charge >= 0.3 is 0 Å². The molecular formula is C20H20FNO4S. The number of aryl methyl sites for hydroxylation is 1. The average Bonchev–Trinajstić information content (AvgIpc) is 2.95. The van der Waals surface area contributed by atoms with Crippen LogP contribution >= 0.6 is 0 Å². The number of fused-ring (bicyclic) bond motifs is 1. The molecule has 0 fully saturated rings. The fourth-order valence-corrected chi connectivity index (χ4v) is 4.31. The van der Waals surface area contributed by atoms with Crippen molar-refractivity contribution in [3.05, 3.63) is 71.2 Å². The van der Waals surface area contributed by atoms with Crippen molar-refractivity contribution >= 4 is 26.7 Å². The van der Waals surface area contributed by atoms with Crippen LogP contribution in [-0.2, 0) is 15.6 Å². The summed E-state index contributed by atoms with van der Waals surface area (Å²) in [7, 11) is -3.25. The zero-order valence-electron chi connectivity index (χ0n) is 14.9. The Morgan fingerprint density at radius 2 is 1.89 bits per heavy atom. The van der Waals surface area contributed by atoms with Crippen LogP contribution in [0.15, 0.2) is 52.9 Å². The van der Waals surface area contributed by atoms with Crippen LogP contribution in [0.4, 0.5) is 4.39 Å². The van der Waals surface area contributed by atoms with Gasteiger partial charge in [-0.15, -0.1) is 0 Å². The second kappa shape index (κ2) is 7.92. The zero-order chi connectivity index (χ0) is 19.4. The number of hydrogen-bond donors (Lipinski definition) is 1. The van der Waals surface area contributed by atoms with E-state index in [4.69, 9.17) is 4.42 Å². The highest BCUT2D eigenvalue weighted by molar-refractivity contribution is 7.90. The molecule has 0 radical (unpaired) electrons. The van der Waals surface area contributed by atoms with Crippen molar-refractivity contribution in [1.29, 1.82) is 0 Å². The maximum absolute atomic E-state index is 13.3. The standard InChI is InChI=1S/C20H20FNO4S/c1-14-17-12-16(21)8-9-18(17)26-19(14)20(23)22-10-5-11-27(24,25)13-15-6-3-2-4-7-15/h2-4,6-9,12H,5,10-11,13H2,1H3,(H,22,23). The van der Waals surface area contributed by atoms with Gasteiger partial charge in [-0.05, 0) is 37.1 Å². The van der Waals surface area contributed by atoms with E-state index in [9.17, 15) is 17.6 Å². The molecular weight excluding hydrogens is 369 g/mol. The van der Waals surface area contributed by atoms with E-state index in [1.807, 2.05) is 6.07 Å². The van der Waals surface area contributed by atoms with Crippen molar-refractivity contribution in [2.75, 3.05) is 12.3 Å². The number of rotatable bonds is 7. The summed E-state index contributed by atoms with van der Waals surface area (Å²) in [6.07, 6.45) is 0.300. The fraction of sp³-hybridized carbons (Fsp3) is 0.250. The topological polar surface area (TPSA) is 76.4 Å². The zero-order valence-corrected chi connectivity index (χ0v) is 15.7. The Balaban J connectivity index is 1.55. The second-order valence-corrected chi connectivity index (χ2v) is 8.57. The van der Waals surface area contributed by atoms with E-state index in [1.165, 1.54) is 18.2 Å². The number of amides is 1. The molecule has 0 aliphatic rings. The number of carbonyl (C=O) groups is 1. The highest BCUT2D eigenvalue weighted by Crippen LogP contribution is 2.25. The maximum Gasteiger partial charge on any atom is 0.287 e. The molecule has 7 heteroatoms. The molecule has 3 aromatic rings. The lowest BCUT2D eigenvalue weighted by atomic mass is 10.1. The Labute approximate surface area is 157 Å². The molecule has 0 atom stereocenters. The van der Waals surface area contributed by atoms with Crippen LogP contribution in [0, 0.1) is 12.7 Å². The van der Waals surface area contributed by atoms with Gasteiger partial charge in [-0.3, -0.25) is 4.79 Å². The Hall–Kier alpha value is -2.67. The van der Waals surface area contributed by atoms with Crippen molar-refractivity contribution < 1.29 is 22.0 Å². The van der Waals surface area contributed by atoms with Crippen molar-refractivity contribution in [2.24, 2.45) is 0 Å². The quantitative estimate of drug-likeness (QED) is 0.626. The molecule has 0 saturated heterocycles. The minimum Gasteiger partial charge on any atom is -0.451 e. The van der Waals surface area contributed by atoms with E-state index in [2.05, 4.69) is 5.32 Å². The normalized spacial score (nSPS) is 11.6. The van der Waals surface area contributed by atoms with E-state index in [0.29, 0.717) is 23.0 Å². The molecule has 3 rings (SSSR count). The smallest absolute Gasteiger partial charge is 0.287 e. The molecule has 0 unspecified atom stereocenters. The number of nitrogens with one attached hydrogen (secondary N) is 1. The maximum atomic E-state index is 13.3. The number of benzene rings is 2. The first kappa shape index (κ1) is 19.1. The van der Waals surface area contributed by atoms with Crippen LogP contribution in [0.25, 0.3) is 11.0 Å². The van der Waals surface area contributed by atoms with Gasteiger partial charge in [0.05, 0.1) is 11.5 Å². The summed E-state index contributed by atoms with van der Waals surface area (Å²) in [6.45, 7) is 1.89. The van der Waals surface area contributed by atoms with Crippen LogP contribution in [0.5, 0.6) is 0 Å². The van der Waals surface area contributed by atoms with E-state index >= 15 is 0 Å². The first-order valence-corrected chi connectivity index (χ1v) is 10.4. The molecule has 2 aromatic carbocycles. The highest BCUT2D eigenvalue weighted by Gasteiger charge is 2.18. The number of carbonyl (C=O) groups excluding carboxylic acids is 1. The number of furan rings is 1. The van der Waals surface area contributed by atoms with Crippen LogP contribution in [0.2, 0.25) is 0 Å². The van der Waals surface area contributed by atoms with Gasteiger partial charge in [0.2, 0.25) is 0 Å². The Kier molecular flexibility index (Phi) is 5.60. The summed E-state index contributed by atoms with van der Waals surface area (Å²) in [5.41, 5.74) is 1.73. The first-order valence-electron chi connectivity index (χ1n) is 8.57. The Morgan fingerprint density at radius 3 is 2.63 bits per heavy atom. The van der Waals surface area contributed by atoms with Crippen LogP contribution in [-0.4, -0.2) is 26.6 Å². The lowest BCUT2D eigenvalue weighted by Gasteiger charge is -2.06. The van der Waals surface area contributed by atoms with E-state index < -0.39 is 21.6 Å². The SMILES string of the molecule is Cc1c(C(=O)NCCCS(=O)(=O)Cc2ccccc2)oc2ccc(F)cc12. The van der Waals surface area contributed by atoms with Gasteiger partial charge in [0.1, 0.15) is 11.4 Å². The number of sulfone groups is 1. The van der Waals surface area contributed by atoms with Crippen LogP contribution in [0.1, 0.15) is 28.1 Å². The van der Waals surface area contributed by atoms with Gasteiger partial charge < -0.3 is 9.73 Å². The molecule has 5 nitrogen and oxygen atoms in total. The highest BCUT2D eigenvalue weighted by atomic mass is 32.2. The molecule has 1 heterocycles. The molecule has 0 aliphatic heterocycles. The third-order valence-electron chi connectivity index (χ3n) is 4.25. The summed E-state index contributed by atoms with van der Waals surface area (Å²) >= 11 is 0. The molecule has 0 spiro atoms. The van der Waals surface area contributed by atoms with Crippen molar-refractivity contribution in [2.45, 2.75) is 19.1 Å². The summed E-state index contributed by atoms with van der Waals surface area (Å²) in [6, 6.07) is 13.0. The minimum atomic E-state index is -3.25. The Morgan fingerprint density at radius 1 is 1.15 bits per heavy atom. The molecule has 0 bridgehead atoms. The molecule has 1 aromatic heterocycles. The predicted molar refractivity (Wildman–Crippen MR) is 102 cm³/mol. The monoisotopic (exact) mass is 389 g/mol. The van der Waals surface area contributed by atoms with Gasteiger partial charge in [-0.1, -0.05) is 30.3 Å². The molecule has 0 aliphatic carbocycles. The van der Waals surface area contributed by atoms with Crippen LogP contribution < -0.4 is 5.32 Å². The lowest BCUT2D eigenvalue weighted by Crippen LogP contribution is -2.26. The summed E-state index contributed by atoms with van der Waals surface area (Å²) < 4.78 is 43.1. The van der Waals surface area contributed by atoms with E-state index in [-0.39, 0.29) is 23.8 Å². The van der Waals surface area contributed by atoms with Gasteiger partial charge in [0.25, 0.3) is 5.91 Å². The number of hydrogen-bond acceptors (Lipinski definition) is 4. The molecule has 1 amide bonds. The molecule has 142 valence electrons. The van der Waals surface area contributed by atoms with Gasteiger partial charge in [-0.2, -0.15) is 0 Å². The van der Waals surface area contributed by atoms with Gasteiger partial charge in [0.15, 0.2) is 15.6 Å². The number of halogens is 1. The summed E-state index contributed by atoms with van der Waals surface area (Å²) in [5.74, 6) is -0.767. The second-order valence-electron chi connectivity index (χ2n) is 6.38. The van der Waals surface area contributed by atoms with Gasteiger partial charge in [0, 0.05) is 17.5 Å². The predicted octanol–water partition coefficient (Wildman–Crippen LogP) is 3.62. The average molecular weight is 389 g/mol. The van der Waals surface area contributed by atoms with Crippen molar-refractivity contribution in [1.82, 2.24) is 5.32 Å². The van der Waals surface area contributed by atoms with Gasteiger partial charge in [-0.25, -0.2) is 12.8 Å². The summed E-state index contributed by atoms with van der Waals surface area (Å²) in [4.78, 5) is 12.3. The summed E-state index contributed by atoms with van der Waals surface area (Å²) in [5, 5.41) is 3.21. The first-order chi connectivity index (χ1) is 12.9. The van der Waals surface area contributed by atoms with Crippen molar-refractivity contribution in [3.8, 4) is 0 Å². The van der Waals surface area contributed by atoms with E-state index in [1.54, 1.807) is 31.2 Å².